The highest BCUT2D eigenvalue weighted by Gasteiger charge is 2.28. The topological polar surface area (TPSA) is 50.2 Å². The summed E-state index contributed by atoms with van der Waals surface area (Å²) in [5.74, 6) is 0.431. The van der Waals surface area contributed by atoms with Crippen LogP contribution in [0.1, 0.15) is 51.9 Å². The molecular weight excluding hydrogens is 331 g/mol. The van der Waals surface area contributed by atoms with E-state index in [1.165, 1.54) is 12.1 Å². The normalized spacial score (nSPS) is 19.8. The van der Waals surface area contributed by atoms with Crippen molar-refractivity contribution in [3.8, 4) is 0 Å². The molecule has 0 aliphatic carbocycles. The van der Waals surface area contributed by atoms with E-state index in [1.54, 1.807) is 10.6 Å². The van der Waals surface area contributed by atoms with Gasteiger partial charge in [-0.25, -0.2) is 9.37 Å². The van der Waals surface area contributed by atoms with Gasteiger partial charge < -0.3 is 5.32 Å². The van der Waals surface area contributed by atoms with E-state index in [2.05, 4.69) is 24.1 Å². The second-order valence-corrected chi connectivity index (χ2v) is 7.24. The standard InChI is InChI=1S/C20H29FN4O/c1-4-6-18(24-11-9-22-14(3)13-24)19-23-17-8-7-15(21)12-16(17)20(26)25(19)10-5-2/h7-8,12,14,18,22H,4-6,9-11,13H2,1-3H3/t14-,18+/m0/s1. The Morgan fingerprint density at radius 2 is 2.15 bits per heavy atom. The van der Waals surface area contributed by atoms with Crippen LogP contribution in [0.15, 0.2) is 23.0 Å². The minimum absolute atomic E-state index is 0.109. The predicted octanol–water partition coefficient (Wildman–Crippen LogP) is 3.08. The number of nitrogens with one attached hydrogen (secondary N) is 1. The van der Waals surface area contributed by atoms with Crippen LogP contribution in [0.5, 0.6) is 0 Å². The van der Waals surface area contributed by atoms with Gasteiger partial charge in [-0.3, -0.25) is 14.3 Å². The molecule has 1 aliphatic heterocycles. The van der Waals surface area contributed by atoms with Gasteiger partial charge in [0.2, 0.25) is 0 Å². The van der Waals surface area contributed by atoms with E-state index in [-0.39, 0.29) is 11.6 Å². The third-order valence-corrected chi connectivity index (χ3v) is 5.09. The quantitative estimate of drug-likeness (QED) is 0.860. The molecule has 6 heteroatoms. The van der Waals surface area contributed by atoms with Crippen molar-refractivity contribution < 1.29 is 4.39 Å². The molecule has 0 bridgehead atoms. The van der Waals surface area contributed by atoms with Gasteiger partial charge in [0.1, 0.15) is 11.6 Å². The summed E-state index contributed by atoms with van der Waals surface area (Å²) in [5.41, 5.74) is 0.457. The summed E-state index contributed by atoms with van der Waals surface area (Å²) in [6.07, 6.45) is 2.81. The van der Waals surface area contributed by atoms with E-state index >= 15 is 0 Å². The molecule has 5 nitrogen and oxygen atoms in total. The molecule has 0 unspecified atom stereocenters. The molecule has 0 spiro atoms. The number of piperazine rings is 1. The van der Waals surface area contributed by atoms with Gasteiger partial charge in [0.25, 0.3) is 5.56 Å². The van der Waals surface area contributed by atoms with Gasteiger partial charge in [0.15, 0.2) is 0 Å². The molecule has 0 radical (unpaired) electrons. The van der Waals surface area contributed by atoms with Crippen molar-refractivity contribution in [2.45, 2.75) is 58.7 Å². The van der Waals surface area contributed by atoms with Crippen LogP contribution in [0.3, 0.4) is 0 Å². The summed E-state index contributed by atoms with van der Waals surface area (Å²) in [6, 6.07) is 4.84. The fraction of sp³-hybridized carbons (Fsp3) is 0.600. The number of aromatic nitrogens is 2. The Labute approximate surface area is 154 Å². The van der Waals surface area contributed by atoms with Crippen LogP contribution in [0, 0.1) is 5.82 Å². The zero-order valence-corrected chi connectivity index (χ0v) is 16.0. The Hall–Kier alpha value is -1.79. The largest absolute Gasteiger partial charge is 0.312 e. The van der Waals surface area contributed by atoms with Gasteiger partial charge in [-0.2, -0.15) is 0 Å². The highest BCUT2D eigenvalue weighted by Crippen LogP contribution is 2.26. The number of hydrogen-bond donors (Lipinski definition) is 1. The van der Waals surface area contributed by atoms with Crippen molar-refractivity contribution in [2.24, 2.45) is 0 Å². The maximum absolute atomic E-state index is 13.7. The summed E-state index contributed by atoms with van der Waals surface area (Å²) >= 11 is 0. The number of benzene rings is 1. The van der Waals surface area contributed by atoms with Crippen molar-refractivity contribution in [3.05, 3.63) is 40.2 Å². The van der Waals surface area contributed by atoms with Crippen LogP contribution in [0.4, 0.5) is 4.39 Å². The molecule has 0 saturated carbocycles. The van der Waals surface area contributed by atoms with E-state index < -0.39 is 5.82 Å². The monoisotopic (exact) mass is 360 g/mol. The van der Waals surface area contributed by atoms with Crippen LogP contribution in [-0.2, 0) is 6.54 Å². The number of rotatable bonds is 6. The third-order valence-electron chi connectivity index (χ3n) is 5.09. The lowest BCUT2D eigenvalue weighted by Crippen LogP contribution is -2.51. The molecule has 26 heavy (non-hydrogen) atoms. The first kappa shape index (κ1) is 19.0. The molecule has 2 aromatic rings. The third kappa shape index (κ3) is 3.81. The van der Waals surface area contributed by atoms with Crippen molar-refractivity contribution in [3.63, 3.8) is 0 Å². The molecule has 2 atom stereocenters. The molecule has 0 amide bonds. The summed E-state index contributed by atoms with van der Waals surface area (Å²) in [6.45, 7) is 9.83. The first-order chi connectivity index (χ1) is 12.5. The van der Waals surface area contributed by atoms with Crippen molar-refractivity contribution in [2.75, 3.05) is 19.6 Å². The van der Waals surface area contributed by atoms with Crippen LogP contribution < -0.4 is 10.9 Å². The second kappa shape index (κ2) is 8.27. The number of fused-ring (bicyclic) bond motifs is 1. The zero-order chi connectivity index (χ0) is 18.7. The Balaban J connectivity index is 2.14. The summed E-state index contributed by atoms with van der Waals surface area (Å²) in [4.78, 5) is 20.4. The zero-order valence-electron chi connectivity index (χ0n) is 16.0. The Morgan fingerprint density at radius 3 is 2.85 bits per heavy atom. The molecule has 1 saturated heterocycles. The Morgan fingerprint density at radius 1 is 1.35 bits per heavy atom. The highest BCUT2D eigenvalue weighted by molar-refractivity contribution is 5.77. The summed E-state index contributed by atoms with van der Waals surface area (Å²) in [7, 11) is 0. The van der Waals surface area contributed by atoms with Crippen LogP contribution in [0.25, 0.3) is 10.9 Å². The van der Waals surface area contributed by atoms with Gasteiger partial charge in [0.05, 0.1) is 16.9 Å². The molecule has 2 heterocycles. The smallest absolute Gasteiger partial charge is 0.261 e. The Bertz CT molecular complexity index is 819. The number of halogens is 1. The van der Waals surface area contributed by atoms with Crippen LogP contribution >= 0.6 is 0 Å². The van der Waals surface area contributed by atoms with Gasteiger partial charge in [-0.05, 0) is 38.0 Å². The maximum Gasteiger partial charge on any atom is 0.261 e. The molecule has 1 fully saturated rings. The van der Waals surface area contributed by atoms with Crippen molar-refractivity contribution >= 4 is 10.9 Å². The predicted molar refractivity (Wildman–Crippen MR) is 103 cm³/mol. The van der Waals surface area contributed by atoms with Gasteiger partial charge in [-0.1, -0.05) is 20.3 Å². The number of nitrogens with zero attached hydrogens (tertiary/aromatic N) is 3. The van der Waals surface area contributed by atoms with E-state index in [0.29, 0.717) is 23.5 Å². The van der Waals surface area contributed by atoms with E-state index in [1.807, 2.05) is 6.92 Å². The SMILES string of the molecule is CCC[C@H](c1nc2ccc(F)cc2c(=O)n1CCC)N1CCN[C@@H](C)C1. The van der Waals surface area contributed by atoms with Crippen molar-refractivity contribution in [1.29, 1.82) is 0 Å². The molecule has 1 aromatic carbocycles. The van der Waals surface area contributed by atoms with Gasteiger partial charge in [-0.15, -0.1) is 0 Å². The fourth-order valence-corrected chi connectivity index (χ4v) is 3.90. The van der Waals surface area contributed by atoms with Gasteiger partial charge >= 0.3 is 0 Å². The number of hydrogen-bond acceptors (Lipinski definition) is 4. The summed E-state index contributed by atoms with van der Waals surface area (Å²) in [5, 5.41) is 3.84. The highest BCUT2D eigenvalue weighted by atomic mass is 19.1. The molecule has 1 aromatic heterocycles. The molecule has 142 valence electrons. The van der Waals surface area contributed by atoms with Crippen LogP contribution in [0.2, 0.25) is 0 Å². The lowest BCUT2D eigenvalue weighted by molar-refractivity contribution is 0.131. The first-order valence-electron chi connectivity index (χ1n) is 9.72. The van der Waals surface area contributed by atoms with E-state index in [4.69, 9.17) is 4.98 Å². The first-order valence-corrected chi connectivity index (χ1v) is 9.72. The van der Waals surface area contributed by atoms with E-state index in [0.717, 1.165) is 44.7 Å². The summed E-state index contributed by atoms with van der Waals surface area (Å²) < 4.78 is 15.4. The maximum atomic E-state index is 13.7. The lowest BCUT2D eigenvalue weighted by Gasteiger charge is -2.38. The average molecular weight is 360 g/mol. The minimum Gasteiger partial charge on any atom is -0.312 e. The fourth-order valence-electron chi connectivity index (χ4n) is 3.90. The average Bonchev–Trinajstić information content (AvgIpc) is 2.63. The van der Waals surface area contributed by atoms with E-state index in [9.17, 15) is 9.18 Å². The van der Waals surface area contributed by atoms with Crippen molar-refractivity contribution in [1.82, 2.24) is 19.8 Å². The molecule has 1 aliphatic rings. The van der Waals surface area contributed by atoms with Gasteiger partial charge in [0, 0.05) is 32.2 Å². The molecular formula is C20H29FN4O. The lowest BCUT2D eigenvalue weighted by atomic mass is 10.1. The second-order valence-electron chi connectivity index (χ2n) is 7.24. The molecule has 3 rings (SSSR count). The minimum atomic E-state index is -0.395. The molecule has 1 N–H and O–H groups in total. The Kier molecular flexibility index (Phi) is 6.04. The van der Waals surface area contributed by atoms with Crippen LogP contribution in [-0.4, -0.2) is 40.1 Å².